The average molecular weight is 451 g/mol. The normalized spacial score (nSPS) is 24.4. The summed E-state index contributed by atoms with van der Waals surface area (Å²) in [4.78, 5) is 0. The van der Waals surface area contributed by atoms with E-state index in [0.717, 1.165) is 18.4 Å². The van der Waals surface area contributed by atoms with E-state index in [1.807, 2.05) is 0 Å². The minimum absolute atomic E-state index is 0.0154. The fourth-order valence-corrected chi connectivity index (χ4v) is 4.44. The lowest BCUT2D eigenvalue weighted by Gasteiger charge is -2.39. The highest BCUT2D eigenvalue weighted by molar-refractivity contribution is 5.34. The second kappa shape index (κ2) is 8.69. The van der Waals surface area contributed by atoms with Gasteiger partial charge in [0, 0.05) is 26.1 Å². The molecule has 0 radical (unpaired) electrons. The van der Waals surface area contributed by atoms with E-state index in [2.05, 4.69) is 16.9 Å². The zero-order valence-corrected chi connectivity index (χ0v) is 17.7. The summed E-state index contributed by atoms with van der Waals surface area (Å²) in [5.41, 5.74) is -0.972. The van der Waals surface area contributed by atoms with Crippen LogP contribution in [0, 0.1) is 5.82 Å². The standard InChI is InChI=1S/C23H25F4N3O2/c1-28-29-21-20(23(25,26)27)19(11-14-30(21)17-7-8-17)32-18-9-12-22(31-2,13-10-18)15-3-5-16(24)6-4-15/h3-6,11,14,17-18H,1,7-10,12-13H2,2H3/b29-21-/t18-,22+. The molecule has 0 saturated heterocycles. The van der Waals surface area contributed by atoms with Gasteiger partial charge in [0.1, 0.15) is 17.1 Å². The lowest BCUT2D eigenvalue weighted by Crippen LogP contribution is -2.38. The number of hydrogen-bond acceptors (Lipinski definition) is 4. The van der Waals surface area contributed by atoms with Gasteiger partial charge in [-0.25, -0.2) is 4.39 Å². The maximum Gasteiger partial charge on any atom is 0.423 e. The zero-order chi connectivity index (χ0) is 22.9. The van der Waals surface area contributed by atoms with E-state index in [9.17, 15) is 17.6 Å². The van der Waals surface area contributed by atoms with Crippen LogP contribution in [-0.4, -0.2) is 24.5 Å². The van der Waals surface area contributed by atoms with Crippen LogP contribution in [-0.2, 0) is 16.5 Å². The number of benzene rings is 1. The van der Waals surface area contributed by atoms with Crippen LogP contribution in [0.5, 0.6) is 5.75 Å². The summed E-state index contributed by atoms with van der Waals surface area (Å²) < 4.78 is 68.5. The highest BCUT2D eigenvalue weighted by atomic mass is 19.4. The van der Waals surface area contributed by atoms with Crippen LogP contribution in [0.4, 0.5) is 17.6 Å². The van der Waals surface area contributed by atoms with Crippen molar-refractivity contribution >= 4 is 6.72 Å². The highest BCUT2D eigenvalue weighted by Gasteiger charge is 2.42. The van der Waals surface area contributed by atoms with Gasteiger partial charge in [0.25, 0.3) is 0 Å². The Morgan fingerprint density at radius 2 is 1.72 bits per heavy atom. The number of aromatic nitrogens is 1. The van der Waals surface area contributed by atoms with Gasteiger partial charge in [0.05, 0.1) is 11.7 Å². The largest absolute Gasteiger partial charge is 0.490 e. The molecule has 0 N–H and O–H groups in total. The third-order valence-electron chi connectivity index (χ3n) is 6.29. The zero-order valence-electron chi connectivity index (χ0n) is 17.7. The summed E-state index contributed by atoms with van der Waals surface area (Å²) in [5.74, 6) is -0.590. The Kier molecular flexibility index (Phi) is 6.11. The quantitative estimate of drug-likeness (QED) is 0.337. The summed E-state index contributed by atoms with van der Waals surface area (Å²) in [6.07, 6.45) is 0.172. The van der Waals surface area contributed by atoms with Crippen LogP contribution in [0.3, 0.4) is 0 Å². The van der Waals surface area contributed by atoms with E-state index in [1.165, 1.54) is 22.8 Å². The van der Waals surface area contributed by atoms with E-state index in [0.29, 0.717) is 25.7 Å². The predicted molar refractivity (Wildman–Crippen MR) is 111 cm³/mol. The van der Waals surface area contributed by atoms with E-state index in [-0.39, 0.29) is 23.1 Å². The molecule has 9 heteroatoms. The van der Waals surface area contributed by atoms with Gasteiger partial charge in [0.15, 0.2) is 5.49 Å². The van der Waals surface area contributed by atoms with Crippen LogP contribution in [0.1, 0.15) is 55.7 Å². The molecule has 1 aromatic heterocycles. The second-order valence-corrected chi connectivity index (χ2v) is 8.28. The number of hydrogen-bond donors (Lipinski definition) is 0. The summed E-state index contributed by atoms with van der Waals surface area (Å²) in [7, 11) is 1.59. The second-order valence-electron chi connectivity index (χ2n) is 8.28. The lowest BCUT2D eigenvalue weighted by molar-refractivity contribution is -0.141. The Morgan fingerprint density at radius 3 is 2.25 bits per heavy atom. The first kappa shape index (κ1) is 22.5. The van der Waals surface area contributed by atoms with Crippen LogP contribution >= 0.6 is 0 Å². The molecule has 172 valence electrons. The number of halogens is 4. The molecule has 0 bridgehead atoms. The van der Waals surface area contributed by atoms with E-state index >= 15 is 0 Å². The van der Waals surface area contributed by atoms with Crippen molar-refractivity contribution in [3.63, 3.8) is 0 Å². The summed E-state index contributed by atoms with van der Waals surface area (Å²) >= 11 is 0. The van der Waals surface area contributed by atoms with Crippen LogP contribution < -0.4 is 10.2 Å². The smallest absolute Gasteiger partial charge is 0.423 e. The lowest BCUT2D eigenvalue weighted by atomic mass is 9.78. The van der Waals surface area contributed by atoms with Gasteiger partial charge in [0.2, 0.25) is 0 Å². The van der Waals surface area contributed by atoms with Gasteiger partial charge in [-0.05, 0) is 62.3 Å². The van der Waals surface area contributed by atoms with Crippen molar-refractivity contribution in [2.45, 2.75) is 62.4 Å². The minimum atomic E-state index is -4.66. The first-order chi connectivity index (χ1) is 15.3. The molecule has 0 aliphatic heterocycles. The van der Waals surface area contributed by atoms with Gasteiger partial charge in [-0.15, -0.1) is 5.10 Å². The number of nitrogens with zero attached hydrogens (tertiary/aromatic N) is 3. The Hall–Kier alpha value is -2.68. The highest BCUT2D eigenvalue weighted by Crippen LogP contribution is 2.43. The van der Waals surface area contributed by atoms with Gasteiger partial charge < -0.3 is 14.0 Å². The van der Waals surface area contributed by atoms with Crippen molar-refractivity contribution in [2.24, 2.45) is 10.2 Å². The van der Waals surface area contributed by atoms with Crippen molar-refractivity contribution in [3.8, 4) is 5.75 Å². The molecular weight excluding hydrogens is 426 g/mol. The monoisotopic (exact) mass is 451 g/mol. The van der Waals surface area contributed by atoms with Crippen LogP contribution in [0.25, 0.3) is 0 Å². The molecule has 0 unspecified atom stereocenters. The topological polar surface area (TPSA) is 48.1 Å². The fraction of sp³-hybridized carbons (Fsp3) is 0.478. The molecule has 0 spiro atoms. The van der Waals surface area contributed by atoms with Crippen LogP contribution in [0.15, 0.2) is 46.7 Å². The average Bonchev–Trinajstić information content (AvgIpc) is 3.60. The van der Waals surface area contributed by atoms with Crippen molar-refractivity contribution in [3.05, 3.63) is 59.0 Å². The molecule has 2 aromatic rings. The van der Waals surface area contributed by atoms with Gasteiger partial charge in [-0.3, -0.25) is 0 Å². The molecule has 32 heavy (non-hydrogen) atoms. The summed E-state index contributed by atoms with van der Waals surface area (Å²) in [5, 5.41) is 7.06. The molecule has 0 atom stereocenters. The van der Waals surface area contributed by atoms with Crippen molar-refractivity contribution in [1.82, 2.24) is 4.57 Å². The molecule has 2 fully saturated rings. The molecule has 2 aliphatic rings. The molecule has 5 nitrogen and oxygen atoms in total. The third kappa shape index (κ3) is 4.44. The summed E-state index contributed by atoms with van der Waals surface area (Å²) in [6, 6.07) is 7.48. The number of rotatable bonds is 6. The van der Waals surface area contributed by atoms with E-state index < -0.39 is 23.4 Å². The Morgan fingerprint density at radius 1 is 1.06 bits per heavy atom. The Bertz CT molecular complexity index is 1030. The molecule has 1 heterocycles. The SMILES string of the molecule is C=N/N=c1/c(C(F)(F)F)c(O[C@H]2CC[C@](OC)(c3ccc(F)cc3)CC2)ccn1C1CC1. The van der Waals surface area contributed by atoms with Crippen molar-refractivity contribution < 1.29 is 27.0 Å². The first-order valence-electron chi connectivity index (χ1n) is 10.6. The van der Waals surface area contributed by atoms with Gasteiger partial charge >= 0.3 is 6.18 Å². The number of alkyl halides is 3. The van der Waals surface area contributed by atoms with Gasteiger partial charge in [-0.2, -0.15) is 18.3 Å². The Labute approximate surface area is 183 Å². The summed E-state index contributed by atoms with van der Waals surface area (Å²) in [6.45, 7) is 3.23. The number of pyridine rings is 1. The molecular formula is C23H25F4N3O2. The fourth-order valence-electron chi connectivity index (χ4n) is 4.44. The van der Waals surface area contributed by atoms with E-state index in [1.54, 1.807) is 25.4 Å². The van der Waals surface area contributed by atoms with Crippen LogP contribution in [0.2, 0.25) is 0 Å². The Balaban J connectivity index is 1.59. The maximum atomic E-state index is 14.0. The first-order valence-corrected chi connectivity index (χ1v) is 10.6. The number of methoxy groups -OCH3 is 1. The predicted octanol–water partition coefficient (Wildman–Crippen LogP) is 5.36. The van der Waals surface area contributed by atoms with Crippen molar-refractivity contribution in [2.75, 3.05) is 7.11 Å². The van der Waals surface area contributed by atoms with E-state index in [4.69, 9.17) is 9.47 Å². The molecule has 4 rings (SSSR count). The maximum absolute atomic E-state index is 14.0. The molecule has 2 saturated carbocycles. The van der Waals surface area contributed by atoms with Crippen molar-refractivity contribution in [1.29, 1.82) is 0 Å². The third-order valence-corrected chi connectivity index (χ3v) is 6.29. The van der Waals surface area contributed by atoms with Gasteiger partial charge in [-0.1, -0.05) is 12.1 Å². The minimum Gasteiger partial charge on any atom is -0.490 e. The molecule has 2 aliphatic carbocycles. The number of ether oxygens (including phenoxy) is 2. The molecule has 0 amide bonds. The molecule has 1 aromatic carbocycles.